The molecule has 0 bridgehead atoms. The predicted octanol–water partition coefficient (Wildman–Crippen LogP) is 3.77. The van der Waals surface area contributed by atoms with Crippen molar-refractivity contribution in [3.05, 3.63) is 77.9 Å². The Labute approximate surface area is 151 Å². The molecule has 1 amide bonds. The molecule has 0 atom stereocenters. The predicted molar refractivity (Wildman–Crippen MR) is 103 cm³/mol. The second kappa shape index (κ2) is 7.56. The van der Waals surface area contributed by atoms with Crippen LogP contribution < -0.4 is 10.6 Å². The number of benzene rings is 3. The molecular weight excluding hydrogens is 330 g/mol. The third-order valence-corrected chi connectivity index (χ3v) is 3.94. The van der Waals surface area contributed by atoms with Crippen molar-refractivity contribution < 1.29 is 4.79 Å². The number of thiocarbonyl (C=S) groups is 1. The zero-order valence-corrected chi connectivity index (χ0v) is 14.1. The Hall–Kier alpha value is -3.23. The first-order valence-corrected chi connectivity index (χ1v) is 8.14. The van der Waals surface area contributed by atoms with E-state index in [1.54, 1.807) is 24.3 Å². The van der Waals surface area contributed by atoms with Gasteiger partial charge in [-0.3, -0.25) is 4.79 Å². The summed E-state index contributed by atoms with van der Waals surface area (Å²) < 4.78 is 0. The van der Waals surface area contributed by atoms with Crippen LogP contribution in [0.15, 0.2) is 66.7 Å². The monoisotopic (exact) mass is 345 g/mol. The molecule has 0 aliphatic heterocycles. The van der Waals surface area contributed by atoms with E-state index in [9.17, 15) is 4.79 Å². The van der Waals surface area contributed by atoms with Crippen molar-refractivity contribution in [1.29, 1.82) is 5.26 Å². The molecule has 3 aromatic carbocycles. The number of amides is 1. The molecule has 0 radical (unpaired) electrons. The van der Waals surface area contributed by atoms with Gasteiger partial charge in [0.25, 0.3) is 0 Å². The Morgan fingerprint density at radius 2 is 1.80 bits per heavy atom. The van der Waals surface area contributed by atoms with Gasteiger partial charge in [-0.15, -0.1) is 0 Å². The van der Waals surface area contributed by atoms with Crippen molar-refractivity contribution in [1.82, 2.24) is 5.32 Å². The Kier molecular flexibility index (Phi) is 5.03. The average Bonchev–Trinajstić information content (AvgIpc) is 2.62. The summed E-state index contributed by atoms with van der Waals surface area (Å²) in [6, 6.07) is 22.8. The second-order valence-corrected chi connectivity index (χ2v) is 5.92. The summed E-state index contributed by atoms with van der Waals surface area (Å²) in [6.07, 6.45) is 0.238. The van der Waals surface area contributed by atoms with E-state index in [0.717, 1.165) is 16.3 Å². The number of nitrogens with one attached hydrogen (secondary N) is 2. The van der Waals surface area contributed by atoms with Gasteiger partial charge in [-0.25, -0.2) is 0 Å². The maximum absolute atomic E-state index is 12.3. The fourth-order valence-electron chi connectivity index (χ4n) is 2.62. The topological polar surface area (TPSA) is 64.9 Å². The van der Waals surface area contributed by atoms with Crippen molar-refractivity contribution in [2.75, 3.05) is 5.32 Å². The van der Waals surface area contributed by atoms with Crippen molar-refractivity contribution in [2.45, 2.75) is 6.42 Å². The highest BCUT2D eigenvalue weighted by molar-refractivity contribution is 7.80. The maximum atomic E-state index is 12.3. The van der Waals surface area contributed by atoms with E-state index in [-0.39, 0.29) is 17.4 Å². The van der Waals surface area contributed by atoms with Crippen LogP contribution in [0.2, 0.25) is 0 Å². The van der Waals surface area contributed by atoms with Crippen LogP contribution in [0.1, 0.15) is 11.1 Å². The van der Waals surface area contributed by atoms with E-state index in [2.05, 4.69) is 16.7 Å². The van der Waals surface area contributed by atoms with Crippen LogP contribution in [0, 0.1) is 11.3 Å². The summed E-state index contributed by atoms with van der Waals surface area (Å²) in [5.74, 6) is -0.190. The van der Waals surface area contributed by atoms with Crippen LogP contribution >= 0.6 is 12.2 Å². The highest BCUT2D eigenvalue weighted by atomic mass is 32.1. The fourth-order valence-corrected chi connectivity index (χ4v) is 2.85. The lowest BCUT2D eigenvalue weighted by molar-refractivity contribution is -0.119. The molecule has 0 aromatic heterocycles. The Morgan fingerprint density at radius 3 is 2.64 bits per heavy atom. The minimum Gasteiger partial charge on any atom is -0.332 e. The third kappa shape index (κ3) is 4.19. The molecule has 4 nitrogen and oxygen atoms in total. The fraction of sp³-hybridized carbons (Fsp3) is 0.0500. The zero-order chi connectivity index (χ0) is 17.6. The molecule has 25 heavy (non-hydrogen) atoms. The van der Waals surface area contributed by atoms with Crippen molar-refractivity contribution in [3.8, 4) is 6.07 Å². The lowest BCUT2D eigenvalue weighted by Crippen LogP contribution is -2.35. The van der Waals surface area contributed by atoms with Gasteiger partial charge in [0, 0.05) is 5.69 Å². The molecule has 0 aliphatic carbocycles. The van der Waals surface area contributed by atoms with Gasteiger partial charge in [-0.1, -0.05) is 48.5 Å². The first-order valence-electron chi connectivity index (χ1n) is 7.73. The Balaban J connectivity index is 1.65. The molecular formula is C20H15N3OS. The van der Waals surface area contributed by atoms with E-state index in [0.29, 0.717) is 11.3 Å². The van der Waals surface area contributed by atoms with E-state index in [1.807, 2.05) is 42.5 Å². The normalized spacial score (nSPS) is 10.0. The van der Waals surface area contributed by atoms with Gasteiger partial charge in [0.05, 0.1) is 18.1 Å². The summed E-state index contributed by atoms with van der Waals surface area (Å²) in [7, 11) is 0. The van der Waals surface area contributed by atoms with Crippen molar-refractivity contribution >= 4 is 39.7 Å². The molecule has 0 saturated heterocycles. The molecule has 0 aliphatic rings. The molecule has 3 rings (SSSR count). The standard InChI is InChI=1S/C20H15N3OS/c21-13-14-5-3-9-17(11-14)22-20(25)23-19(24)12-16-8-4-7-15-6-1-2-10-18(15)16/h1-11H,12H2,(H2,22,23,24,25). The molecule has 2 N–H and O–H groups in total. The smallest absolute Gasteiger partial charge is 0.230 e. The Morgan fingerprint density at radius 1 is 1.04 bits per heavy atom. The molecule has 5 heteroatoms. The first kappa shape index (κ1) is 16.6. The van der Waals surface area contributed by atoms with Gasteiger partial charge in [-0.05, 0) is 46.8 Å². The first-order chi connectivity index (χ1) is 12.2. The van der Waals surface area contributed by atoms with E-state index < -0.39 is 0 Å². The van der Waals surface area contributed by atoms with Crippen LogP contribution in [0.3, 0.4) is 0 Å². The number of nitrogens with zero attached hydrogens (tertiary/aromatic N) is 1. The van der Waals surface area contributed by atoms with Crippen LogP contribution in [0.25, 0.3) is 10.8 Å². The highest BCUT2D eigenvalue weighted by Crippen LogP contribution is 2.18. The van der Waals surface area contributed by atoms with Crippen LogP contribution in [0.5, 0.6) is 0 Å². The quantitative estimate of drug-likeness (QED) is 0.709. The minimum atomic E-state index is -0.190. The lowest BCUT2D eigenvalue weighted by atomic mass is 10.0. The van der Waals surface area contributed by atoms with Crippen molar-refractivity contribution in [2.24, 2.45) is 0 Å². The SMILES string of the molecule is N#Cc1cccc(NC(=S)NC(=O)Cc2cccc3ccccc23)c1. The van der Waals surface area contributed by atoms with Gasteiger partial charge >= 0.3 is 0 Å². The number of carbonyl (C=O) groups excluding carboxylic acids is 1. The van der Waals surface area contributed by atoms with E-state index >= 15 is 0 Å². The van der Waals surface area contributed by atoms with Crippen LogP contribution in [0.4, 0.5) is 5.69 Å². The van der Waals surface area contributed by atoms with Gasteiger partial charge in [0.15, 0.2) is 5.11 Å². The molecule has 0 fully saturated rings. The number of carbonyl (C=O) groups is 1. The average molecular weight is 345 g/mol. The zero-order valence-electron chi connectivity index (χ0n) is 13.3. The van der Waals surface area contributed by atoms with Gasteiger partial charge in [-0.2, -0.15) is 5.26 Å². The Bertz CT molecular complexity index is 986. The summed E-state index contributed by atoms with van der Waals surface area (Å²) in [4.78, 5) is 12.3. The van der Waals surface area contributed by atoms with Gasteiger partial charge < -0.3 is 10.6 Å². The molecule has 0 unspecified atom stereocenters. The number of hydrogen-bond donors (Lipinski definition) is 2. The summed E-state index contributed by atoms with van der Waals surface area (Å²) in [6.45, 7) is 0. The van der Waals surface area contributed by atoms with E-state index in [1.165, 1.54) is 0 Å². The lowest BCUT2D eigenvalue weighted by Gasteiger charge is -2.11. The molecule has 0 spiro atoms. The highest BCUT2D eigenvalue weighted by Gasteiger charge is 2.09. The van der Waals surface area contributed by atoms with Gasteiger partial charge in [0.1, 0.15) is 0 Å². The number of rotatable bonds is 3. The van der Waals surface area contributed by atoms with Crippen LogP contribution in [-0.4, -0.2) is 11.0 Å². The maximum Gasteiger partial charge on any atom is 0.230 e. The minimum absolute atomic E-state index is 0.190. The third-order valence-electron chi connectivity index (χ3n) is 3.73. The van der Waals surface area contributed by atoms with Gasteiger partial charge in [0.2, 0.25) is 5.91 Å². The number of anilines is 1. The molecule has 0 saturated carbocycles. The number of hydrogen-bond acceptors (Lipinski definition) is 3. The second-order valence-electron chi connectivity index (χ2n) is 5.51. The summed E-state index contributed by atoms with van der Waals surface area (Å²) in [5.41, 5.74) is 2.13. The largest absolute Gasteiger partial charge is 0.332 e. The summed E-state index contributed by atoms with van der Waals surface area (Å²) in [5, 5.41) is 16.9. The van der Waals surface area contributed by atoms with E-state index in [4.69, 9.17) is 17.5 Å². The summed E-state index contributed by atoms with van der Waals surface area (Å²) >= 11 is 5.18. The molecule has 122 valence electrons. The van der Waals surface area contributed by atoms with Crippen molar-refractivity contribution in [3.63, 3.8) is 0 Å². The number of nitriles is 1. The van der Waals surface area contributed by atoms with Crippen LogP contribution in [-0.2, 0) is 11.2 Å². The molecule has 0 heterocycles. The molecule has 3 aromatic rings. The number of fused-ring (bicyclic) bond motifs is 1.